The molecule has 3 aromatic rings. The van der Waals surface area contributed by atoms with Crippen LogP contribution in [0.2, 0.25) is 10.0 Å². The molecule has 0 saturated carbocycles. The molecular formula is C21H22Cl2N4O2S. The number of thioether (sulfide) groups is 1. The molecule has 1 aromatic heterocycles. The van der Waals surface area contributed by atoms with Crippen molar-refractivity contribution in [3.05, 3.63) is 46.4 Å². The maximum absolute atomic E-state index is 12.6. The molecule has 30 heavy (non-hydrogen) atoms. The molecule has 0 bridgehead atoms. The van der Waals surface area contributed by atoms with Crippen LogP contribution >= 0.6 is 35.0 Å². The molecule has 9 heteroatoms. The molecule has 1 fully saturated rings. The van der Waals surface area contributed by atoms with Gasteiger partial charge in [-0.2, -0.15) is 0 Å². The van der Waals surface area contributed by atoms with Crippen molar-refractivity contribution in [1.82, 2.24) is 9.88 Å². The van der Waals surface area contributed by atoms with Crippen molar-refractivity contribution >= 4 is 63.3 Å². The van der Waals surface area contributed by atoms with Gasteiger partial charge in [-0.25, -0.2) is 4.98 Å². The van der Waals surface area contributed by atoms with Crippen LogP contribution in [0.3, 0.4) is 0 Å². The number of hydrogen-bond donors (Lipinski definition) is 1. The molecule has 158 valence electrons. The Bertz CT molecular complexity index is 1050. The van der Waals surface area contributed by atoms with Gasteiger partial charge in [-0.05, 0) is 42.9 Å². The van der Waals surface area contributed by atoms with Gasteiger partial charge < -0.3 is 19.5 Å². The second kappa shape index (κ2) is 9.47. The number of carbonyl (C=O) groups excluding carboxylic acids is 1. The van der Waals surface area contributed by atoms with Crippen molar-refractivity contribution in [2.45, 2.75) is 12.1 Å². The van der Waals surface area contributed by atoms with Crippen molar-refractivity contribution in [2.75, 3.05) is 48.7 Å². The van der Waals surface area contributed by atoms with E-state index < -0.39 is 0 Å². The smallest absolute Gasteiger partial charge is 0.257 e. The number of nitrogens with one attached hydrogen (secondary N) is 1. The molecule has 2 aromatic carbocycles. The van der Waals surface area contributed by atoms with Crippen LogP contribution < -0.4 is 10.2 Å². The highest BCUT2D eigenvalue weighted by Crippen LogP contribution is 2.31. The number of rotatable bonds is 6. The fourth-order valence-corrected chi connectivity index (χ4v) is 4.42. The summed E-state index contributed by atoms with van der Waals surface area (Å²) in [6.07, 6.45) is 0. The summed E-state index contributed by atoms with van der Waals surface area (Å²) in [4.78, 5) is 21.7. The molecule has 2 heterocycles. The van der Waals surface area contributed by atoms with Gasteiger partial charge >= 0.3 is 0 Å². The predicted molar refractivity (Wildman–Crippen MR) is 124 cm³/mol. The number of piperazine rings is 1. The van der Waals surface area contributed by atoms with Crippen molar-refractivity contribution in [3.63, 3.8) is 0 Å². The van der Waals surface area contributed by atoms with Crippen LogP contribution in [0.15, 0.2) is 46.0 Å². The Labute approximate surface area is 189 Å². The molecule has 4 rings (SSSR count). The maximum Gasteiger partial charge on any atom is 0.257 e. The Kier molecular flexibility index (Phi) is 6.73. The van der Waals surface area contributed by atoms with Crippen LogP contribution in [0.1, 0.15) is 6.92 Å². The second-order valence-electron chi connectivity index (χ2n) is 7.01. The van der Waals surface area contributed by atoms with Crippen LogP contribution in [0.5, 0.6) is 0 Å². The van der Waals surface area contributed by atoms with E-state index in [1.807, 2.05) is 12.1 Å². The van der Waals surface area contributed by atoms with Crippen molar-refractivity contribution in [2.24, 2.45) is 0 Å². The Morgan fingerprint density at radius 1 is 1.13 bits per heavy atom. The molecule has 6 nitrogen and oxygen atoms in total. The highest BCUT2D eigenvalue weighted by atomic mass is 35.5. The third-order valence-corrected chi connectivity index (χ3v) is 6.35. The number of hydrogen-bond acceptors (Lipinski definition) is 6. The number of likely N-dealkylation sites (N-methyl/N-ethyl adjacent to an activating group) is 1. The first-order chi connectivity index (χ1) is 14.5. The lowest BCUT2D eigenvalue weighted by molar-refractivity contribution is -0.113. The Morgan fingerprint density at radius 3 is 2.63 bits per heavy atom. The lowest BCUT2D eigenvalue weighted by Gasteiger charge is -2.36. The monoisotopic (exact) mass is 464 g/mol. The van der Waals surface area contributed by atoms with Gasteiger partial charge in [0.05, 0.1) is 17.1 Å². The quantitative estimate of drug-likeness (QED) is 0.517. The third-order valence-electron chi connectivity index (χ3n) is 5.05. The van der Waals surface area contributed by atoms with Gasteiger partial charge in [0.1, 0.15) is 5.52 Å². The van der Waals surface area contributed by atoms with E-state index >= 15 is 0 Å². The summed E-state index contributed by atoms with van der Waals surface area (Å²) in [5.41, 5.74) is 3.03. The average Bonchev–Trinajstić information content (AvgIpc) is 3.14. The lowest BCUT2D eigenvalue weighted by atomic mass is 10.2. The zero-order valence-corrected chi connectivity index (χ0v) is 18.9. The SMILES string of the molecule is CCN1CCN(c2ccc(Cl)cc2NC(=O)CSc2nc3cc(Cl)ccc3o2)CC1. The van der Waals surface area contributed by atoms with Gasteiger partial charge in [0.15, 0.2) is 5.58 Å². The molecule has 1 N–H and O–H groups in total. The van der Waals surface area contributed by atoms with Crippen LogP contribution in [0.4, 0.5) is 11.4 Å². The number of aromatic nitrogens is 1. The van der Waals surface area contributed by atoms with Crippen LogP contribution in [0.25, 0.3) is 11.1 Å². The van der Waals surface area contributed by atoms with Gasteiger partial charge in [-0.3, -0.25) is 4.79 Å². The molecule has 0 aliphatic carbocycles. The average molecular weight is 465 g/mol. The molecule has 1 saturated heterocycles. The number of anilines is 2. The highest BCUT2D eigenvalue weighted by molar-refractivity contribution is 7.99. The largest absolute Gasteiger partial charge is 0.431 e. The van der Waals surface area contributed by atoms with Crippen LogP contribution in [-0.2, 0) is 4.79 Å². The topological polar surface area (TPSA) is 61.6 Å². The molecule has 1 aliphatic rings. The summed E-state index contributed by atoms with van der Waals surface area (Å²) >= 11 is 13.4. The summed E-state index contributed by atoms with van der Waals surface area (Å²) in [7, 11) is 0. The number of oxazole rings is 1. The predicted octanol–water partition coefficient (Wildman–Crippen LogP) is 5.01. The standard InChI is InChI=1S/C21H22Cl2N4O2S/c1-2-26-7-9-27(10-8-26)18-5-3-14(22)11-16(18)24-20(28)13-30-21-25-17-12-15(23)4-6-19(17)29-21/h3-6,11-12H,2,7-10,13H2,1H3,(H,24,28). The number of fused-ring (bicyclic) bond motifs is 1. The lowest BCUT2D eigenvalue weighted by Crippen LogP contribution is -2.46. The van der Waals surface area contributed by atoms with E-state index in [0.29, 0.717) is 26.4 Å². The number of benzene rings is 2. The second-order valence-corrected chi connectivity index (χ2v) is 8.81. The van der Waals surface area contributed by atoms with Gasteiger partial charge in [-0.1, -0.05) is 41.9 Å². The van der Waals surface area contributed by atoms with Crippen molar-refractivity contribution in [1.29, 1.82) is 0 Å². The van der Waals surface area contributed by atoms with Crippen LogP contribution in [0, 0.1) is 0 Å². The summed E-state index contributed by atoms with van der Waals surface area (Å²) in [6.45, 7) is 7.06. The zero-order valence-electron chi connectivity index (χ0n) is 16.5. The van der Waals surface area contributed by atoms with Gasteiger partial charge in [0.2, 0.25) is 5.91 Å². The number of carbonyl (C=O) groups is 1. The van der Waals surface area contributed by atoms with Gasteiger partial charge in [0, 0.05) is 36.2 Å². The number of halogens is 2. The summed E-state index contributed by atoms with van der Waals surface area (Å²) in [5, 5.41) is 4.61. The Hall–Kier alpha value is -1.93. The van der Waals surface area contributed by atoms with E-state index in [1.165, 1.54) is 11.8 Å². The Morgan fingerprint density at radius 2 is 1.87 bits per heavy atom. The van der Waals surface area contributed by atoms with Gasteiger partial charge in [0.25, 0.3) is 5.22 Å². The molecule has 0 spiro atoms. The van der Waals surface area contributed by atoms with Crippen LogP contribution in [-0.4, -0.2) is 54.3 Å². The normalized spacial score (nSPS) is 15.0. The fraction of sp³-hybridized carbons (Fsp3) is 0.333. The van der Waals surface area contributed by atoms with E-state index in [1.54, 1.807) is 24.3 Å². The minimum absolute atomic E-state index is 0.143. The highest BCUT2D eigenvalue weighted by Gasteiger charge is 2.19. The van der Waals surface area contributed by atoms with Crippen molar-refractivity contribution in [3.8, 4) is 0 Å². The molecule has 1 aliphatic heterocycles. The van der Waals surface area contributed by atoms with E-state index in [2.05, 4.69) is 27.0 Å². The molecule has 1 amide bonds. The first-order valence-electron chi connectivity index (χ1n) is 9.77. The summed E-state index contributed by atoms with van der Waals surface area (Å²) in [5.74, 6) is 0.0341. The van der Waals surface area contributed by atoms with E-state index in [0.717, 1.165) is 44.1 Å². The molecule has 0 radical (unpaired) electrons. The Balaban J connectivity index is 1.41. The first kappa shape index (κ1) is 21.3. The molecular weight excluding hydrogens is 443 g/mol. The first-order valence-corrected chi connectivity index (χ1v) is 11.5. The van der Waals surface area contributed by atoms with E-state index in [-0.39, 0.29) is 11.7 Å². The molecule has 0 unspecified atom stereocenters. The third kappa shape index (κ3) is 5.03. The van der Waals surface area contributed by atoms with Gasteiger partial charge in [-0.15, -0.1) is 0 Å². The number of amides is 1. The maximum atomic E-state index is 12.6. The minimum atomic E-state index is -0.143. The van der Waals surface area contributed by atoms with Crippen molar-refractivity contribution < 1.29 is 9.21 Å². The fourth-order valence-electron chi connectivity index (χ4n) is 3.44. The molecule has 0 atom stereocenters. The zero-order chi connectivity index (χ0) is 21.1. The van der Waals surface area contributed by atoms with E-state index in [9.17, 15) is 4.79 Å². The number of nitrogens with zero attached hydrogens (tertiary/aromatic N) is 3. The summed E-state index contributed by atoms with van der Waals surface area (Å²) < 4.78 is 5.66. The minimum Gasteiger partial charge on any atom is -0.431 e. The van der Waals surface area contributed by atoms with E-state index in [4.69, 9.17) is 27.6 Å². The summed E-state index contributed by atoms with van der Waals surface area (Å²) in [6, 6.07) is 10.9.